The van der Waals surface area contributed by atoms with Gasteiger partial charge in [0.25, 0.3) is 0 Å². The number of rotatable bonds is 4. The van der Waals surface area contributed by atoms with Crippen LogP contribution >= 0.6 is 23.1 Å². The molecule has 0 aromatic carbocycles. The summed E-state index contributed by atoms with van der Waals surface area (Å²) in [5, 5.41) is 8.78. The topological polar surface area (TPSA) is 41.1 Å². The minimum absolute atomic E-state index is 0.0328. The molecule has 3 nitrogen and oxygen atoms in total. The number of thioether (sulfide) groups is 1. The molecule has 1 aromatic heterocycles. The maximum absolute atomic E-state index is 11.8. The van der Waals surface area contributed by atoms with E-state index >= 15 is 0 Å². The second kappa shape index (κ2) is 6.48. The molecule has 2 rings (SSSR count). The molecule has 1 saturated carbocycles. The van der Waals surface area contributed by atoms with Crippen molar-refractivity contribution >= 4 is 29.1 Å². The van der Waals surface area contributed by atoms with Crippen LogP contribution in [0.4, 0.5) is 4.79 Å². The first-order chi connectivity index (χ1) is 8.69. The highest BCUT2D eigenvalue weighted by molar-refractivity contribution is 7.99. The molecule has 0 radical (unpaired) electrons. The van der Waals surface area contributed by atoms with Crippen LogP contribution in [-0.2, 0) is 6.54 Å². The molecule has 0 aliphatic heterocycles. The van der Waals surface area contributed by atoms with E-state index < -0.39 is 0 Å². The third kappa shape index (κ3) is 3.65. The average Bonchev–Trinajstić information content (AvgIpc) is 2.96. The maximum atomic E-state index is 11.8. The van der Waals surface area contributed by atoms with E-state index in [-0.39, 0.29) is 6.03 Å². The molecule has 1 aliphatic rings. The summed E-state index contributed by atoms with van der Waals surface area (Å²) in [6.45, 7) is 2.71. The van der Waals surface area contributed by atoms with Gasteiger partial charge in [-0.25, -0.2) is 4.79 Å². The van der Waals surface area contributed by atoms with E-state index in [4.69, 9.17) is 0 Å². The quantitative estimate of drug-likeness (QED) is 0.892. The van der Waals surface area contributed by atoms with Crippen LogP contribution in [0.2, 0.25) is 0 Å². The zero-order valence-electron chi connectivity index (χ0n) is 10.9. The summed E-state index contributed by atoms with van der Waals surface area (Å²) in [6.07, 6.45) is 5.58. The first-order valence-electron chi connectivity index (χ1n) is 6.29. The molecule has 2 amide bonds. The summed E-state index contributed by atoms with van der Waals surface area (Å²) >= 11 is 3.60. The number of aryl methyl sites for hydroxylation is 1. The lowest BCUT2D eigenvalue weighted by molar-refractivity contribution is 0.237. The Morgan fingerprint density at radius 2 is 2.39 bits per heavy atom. The summed E-state index contributed by atoms with van der Waals surface area (Å²) in [5.74, 6) is 0. The fourth-order valence-electron chi connectivity index (χ4n) is 2.27. The van der Waals surface area contributed by atoms with Crippen LogP contribution in [0.5, 0.6) is 0 Å². The third-order valence-electron chi connectivity index (χ3n) is 3.43. The van der Waals surface area contributed by atoms with Gasteiger partial charge in [-0.3, -0.25) is 0 Å². The number of urea groups is 1. The SMILES string of the molecule is CS[C@H]1CC[C@@H](NC(=O)NCc2sccc2C)C1. The molecule has 1 aromatic rings. The Bertz CT molecular complexity index is 405. The summed E-state index contributed by atoms with van der Waals surface area (Å²) in [4.78, 5) is 13.0. The van der Waals surface area contributed by atoms with Crippen LogP contribution < -0.4 is 10.6 Å². The number of thiophene rings is 1. The zero-order valence-corrected chi connectivity index (χ0v) is 12.5. The molecule has 5 heteroatoms. The summed E-state index contributed by atoms with van der Waals surface area (Å²) < 4.78 is 0. The number of amides is 2. The molecule has 1 heterocycles. The van der Waals surface area contributed by atoms with Gasteiger partial charge in [0.1, 0.15) is 0 Å². The molecular formula is C13H20N2OS2. The van der Waals surface area contributed by atoms with Crippen molar-refractivity contribution in [3.05, 3.63) is 21.9 Å². The highest BCUT2D eigenvalue weighted by Crippen LogP contribution is 2.28. The van der Waals surface area contributed by atoms with Gasteiger partial charge in [0.15, 0.2) is 0 Å². The van der Waals surface area contributed by atoms with Crippen LogP contribution in [0, 0.1) is 6.92 Å². The molecule has 2 atom stereocenters. The van der Waals surface area contributed by atoms with Gasteiger partial charge in [0, 0.05) is 16.2 Å². The predicted molar refractivity (Wildman–Crippen MR) is 79.4 cm³/mol. The highest BCUT2D eigenvalue weighted by atomic mass is 32.2. The van der Waals surface area contributed by atoms with Crippen LogP contribution in [0.25, 0.3) is 0 Å². The number of nitrogens with one attached hydrogen (secondary N) is 2. The summed E-state index contributed by atoms with van der Waals surface area (Å²) in [5.41, 5.74) is 1.25. The van der Waals surface area contributed by atoms with E-state index in [9.17, 15) is 4.79 Å². The van der Waals surface area contributed by atoms with Crippen molar-refractivity contribution in [2.24, 2.45) is 0 Å². The lowest BCUT2D eigenvalue weighted by Gasteiger charge is -2.13. The predicted octanol–water partition coefficient (Wildman–Crippen LogP) is 3.14. The Hall–Kier alpha value is -0.680. The fraction of sp³-hybridized carbons (Fsp3) is 0.615. The van der Waals surface area contributed by atoms with Crippen molar-refractivity contribution in [3.63, 3.8) is 0 Å². The fourth-order valence-corrected chi connectivity index (χ4v) is 3.91. The van der Waals surface area contributed by atoms with Gasteiger partial charge in [-0.2, -0.15) is 11.8 Å². The molecule has 1 aliphatic carbocycles. The van der Waals surface area contributed by atoms with Crippen molar-refractivity contribution in [2.75, 3.05) is 6.26 Å². The molecule has 0 bridgehead atoms. The van der Waals surface area contributed by atoms with E-state index in [0.29, 0.717) is 12.6 Å². The standard InChI is InChI=1S/C13H20N2OS2/c1-9-5-6-18-12(9)8-14-13(16)15-10-3-4-11(7-10)17-2/h5-6,10-11H,3-4,7-8H2,1-2H3,(H2,14,15,16)/t10-,11+/m1/s1. The smallest absolute Gasteiger partial charge is 0.315 e. The number of carbonyl (C=O) groups excluding carboxylic acids is 1. The summed E-state index contributed by atoms with van der Waals surface area (Å²) in [6, 6.07) is 2.40. The summed E-state index contributed by atoms with van der Waals surface area (Å²) in [7, 11) is 0. The van der Waals surface area contributed by atoms with Crippen molar-refractivity contribution in [1.82, 2.24) is 10.6 Å². The molecule has 18 heavy (non-hydrogen) atoms. The van der Waals surface area contributed by atoms with Crippen molar-refractivity contribution < 1.29 is 4.79 Å². The van der Waals surface area contributed by atoms with Gasteiger partial charge in [-0.15, -0.1) is 11.3 Å². The van der Waals surface area contributed by atoms with Gasteiger partial charge < -0.3 is 10.6 Å². The molecule has 100 valence electrons. The van der Waals surface area contributed by atoms with E-state index in [1.54, 1.807) is 11.3 Å². The normalized spacial score (nSPS) is 23.0. The van der Waals surface area contributed by atoms with Gasteiger partial charge in [-0.1, -0.05) is 0 Å². The molecule has 0 spiro atoms. The second-order valence-corrected chi connectivity index (χ2v) is 6.86. The average molecular weight is 284 g/mol. The van der Waals surface area contributed by atoms with E-state index in [2.05, 4.69) is 35.3 Å². The van der Waals surface area contributed by atoms with Gasteiger partial charge in [0.2, 0.25) is 0 Å². The Labute approximate surface area is 117 Å². The van der Waals surface area contributed by atoms with Gasteiger partial charge in [0.05, 0.1) is 6.54 Å². The van der Waals surface area contributed by atoms with E-state index in [0.717, 1.165) is 18.1 Å². The van der Waals surface area contributed by atoms with Crippen LogP contribution in [0.1, 0.15) is 29.7 Å². The zero-order chi connectivity index (χ0) is 13.0. The van der Waals surface area contributed by atoms with Crippen LogP contribution in [-0.4, -0.2) is 23.6 Å². The Kier molecular flexibility index (Phi) is 4.95. The highest BCUT2D eigenvalue weighted by Gasteiger charge is 2.24. The minimum atomic E-state index is -0.0328. The monoisotopic (exact) mass is 284 g/mol. The molecule has 1 fully saturated rings. The minimum Gasteiger partial charge on any atom is -0.335 e. The van der Waals surface area contributed by atoms with Gasteiger partial charge >= 0.3 is 6.03 Å². The third-order valence-corrected chi connectivity index (χ3v) is 5.55. The lowest BCUT2D eigenvalue weighted by atomic mass is 10.2. The van der Waals surface area contributed by atoms with Crippen LogP contribution in [0.15, 0.2) is 11.4 Å². The molecular weight excluding hydrogens is 264 g/mol. The Balaban J connectivity index is 1.71. The molecule has 2 N–H and O–H groups in total. The Morgan fingerprint density at radius 3 is 3.00 bits per heavy atom. The first kappa shape index (κ1) is 13.7. The van der Waals surface area contributed by atoms with E-state index in [1.807, 2.05) is 11.8 Å². The van der Waals surface area contributed by atoms with Crippen molar-refractivity contribution in [1.29, 1.82) is 0 Å². The maximum Gasteiger partial charge on any atom is 0.315 e. The number of hydrogen-bond acceptors (Lipinski definition) is 3. The lowest BCUT2D eigenvalue weighted by Crippen LogP contribution is -2.40. The number of hydrogen-bond donors (Lipinski definition) is 2. The molecule has 0 unspecified atom stereocenters. The number of carbonyl (C=O) groups is 1. The largest absolute Gasteiger partial charge is 0.335 e. The molecule has 0 saturated heterocycles. The Morgan fingerprint density at radius 1 is 1.56 bits per heavy atom. The van der Waals surface area contributed by atoms with Gasteiger partial charge in [-0.05, 0) is 49.5 Å². The van der Waals surface area contributed by atoms with E-state index in [1.165, 1.54) is 16.9 Å². The second-order valence-electron chi connectivity index (χ2n) is 4.72. The van der Waals surface area contributed by atoms with Crippen LogP contribution in [0.3, 0.4) is 0 Å². The van der Waals surface area contributed by atoms with Crippen molar-refractivity contribution in [3.8, 4) is 0 Å². The first-order valence-corrected chi connectivity index (χ1v) is 8.46. The van der Waals surface area contributed by atoms with Crippen molar-refractivity contribution in [2.45, 2.75) is 44.0 Å².